The number of benzene rings is 1. The number of aromatic nitrogens is 2. The van der Waals surface area contributed by atoms with Crippen molar-refractivity contribution in [2.75, 3.05) is 11.9 Å². The van der Waals surface area contributed by atoms with Crippen molar-refractivity contribution in [3.8, 4) is 0 Å². The number of aryl methyl sites for hydroxylation is 1. The monoisotopic (exact) mass is 346 g/mol. The van der Waals surface area contributed by atoms with Crippen LogP contribution in [0.1, 0.15) is 58.3 Å². The maximum atomic E-state index is 12.2. The Kier molecular flexibility index (Phi) is 6.87. The number of nitrogens with one attached hydrogen (secondary N) is 2. The molecule has 0 saturated heterocycles. The van der Waals surface area contributed by atoms with Gasteiger partial charge >= 0.3 is 0 Å². The minimum Gasteiger partial charge on any atom is -0.352 e. The van der Waals surface area contributed by atoms with Gasteiger partial charge in [0.1, 0.15) is 5.01 Å². The van der Waals surface area contributed by atoms with Crippen molar-refractivity contribution >= 4 is 28.8 Å². The van der Waals surface area contributed by atoms with Gasteiger partial charge < -0.3 is 10.6 Å². The molecule has 0 aliphatic heterocycles. The fourth-order valence-corrected chi connectivity index (χ4v) is 2.90. The molecule has 2 aromatic rings. The van der Waals surface area contributed by atoms with E-state index in [1.54, 1.807) is 24.3 Å². The van der Waals surface area contributed by atoms with Crippen molar-refractivity contribution in [1.29, 1.82) is 0 Å². The summed E-state index contributed by atoms with van der Waals surface area (Å²) in [5, 5.41) is 14.7. The molecule has 24 heavy (non-hydrogen) atoms. The van der Waals surface area contributed by atoms with E-state index < -0.39 is 0 Å². The van der Waals surface area contributed by atoms with Crippen LogP contribution in [0.25, 0.3) is 0 Å². The number of rotatable bonds is 8. The van der Waals surface area contributed by atoms with Gasteiger partial charge in [0.25, 0.3) is 11.8 Å². The molecule has 2 rings (SSSR count). The summed E-state index contributed by atoms with van der Waals surface area (Å²) in [5.41, 5.74) is 1.09. The number of nitrogens with zero attached hydrogens (tertiary/aromatic N) is 2. The quantitative estimate of drug-likeness (QED) is 0.719. The first kappa shape index (κ1) is 18.1. The van der Waals surface area contributed by atoms with E-state index in [1.165, 1.54) is 11.3 Å². The van der Waals surface area contributed by atoms with Crippen molar-refractivity contribution in [3.63, 3.8) is 0 Å². The van der Waals surface area contributed by atoms with Gasteiger partial charge in [-0.2, -0.15) is 0 Å². The first-order chi connectivity index (χ1) is 11.6. The Balaban J connectivity index is 2.00. The number of amides is 2. The molecule has 0 fully saturated rings. The van der Waals surface area contributed by atoms with Crippen LogP contribution in [-0.2, 0) is 6.42 Å². The smallest absolute Gasteiger partial charge is 0.286 e. The van der Waals surface area contributed by atoms with Gasteiger partial charge in [0.05, 0.1) is 0 Å². The van der Waals surface area contributed by atoms with Crippen molar-refractivity contribution in [1.82, 2.24) is 15.5 Å². The summed E-state index contributed by atoms with van der Waals surface area (Å²) in [6, 6.07) is 6.87. The lowest BCUT2D eigenvalue weighted by molar-refractivity contribution is 0.0951. The lowest BCUT2D eigenvalue weighted by atomic mass is 10.2. The van der Waals surface area contributed by atoms with Crippen molar-refractivity contribution < 1.29 is 9.59 Å². The van der Waals surface area contributed by atoms with Gasteiger partial charge in [0, 0.05) is 24.2 Å². The van der Waals surface area contributed by atoms with E-state index >= 15 is 0 Å². The van der Waals surface area contributed by atoms with Gasteiger partial charge in [-0.3, -0.25) is 9.59 Å². The number of hydrogen-bond donors (Lipinski definition) is 2. The van der Waals surface area contributed by atoms with Crippen molar-refractivity contribution in [2.24, 2.45) is 0 Å². The third-order valence-corrected chi connectivity index (χ3v) is 4.31. The van der Waals surface area contributed by atoms with Crippen LogP contribution < -0.4 is 10.6 Å². The third-order valence-electron chi connectivity index (χ3n) is 3.32. The zero-order chi connectivity index (χ0) is 17.4. The molecule has 0 atom stereocenters. The Morgan fingerprint density at radius 2 is 1.96 bits per heavy atom. The Morgan fingerprint density at radius 3 is 2.71 bits per heavy atom. The molecule has 1 aromatic carbocycles. The maximum Gasteiger partial charge on any atom is 0.286 e. The summed E-state index contributed by atoms with van der Waals surface area (Å²) in [6.07, 6.45) is 3.75. The van der Waals surface area contributed by atoms with Gasteiger partial charge in [-0.1, -0.05) is 37.7 Å². The van der Waals surface area contributed by atoms with Gasteiger partial charge in [-0.05, 0) is 31.0 Å². The number of anilines is 1. The van der Waals surface area contributed by atoms with Crippen LogP contribution >= 0.6 is 11.3 Å². The molecule has 0 spiro atoms. The number of carbonyl (C=O) groups excluding carboxylic acids is 2. The Hall–Kier alpha value is -2.28. The molecule has 128 valence electrons. The van der Waals surface area contributed by atoms with E-state index in [0.717, 1.165) is 30.7 Å². The van der Waals surface area contributed by atoms with E-state index in [4.69, 9.17) is 0 Å². The fraction of sp³-hybridized carbons (Fsp3) is 0.412. The van der Waals surface area contributed by atoms with E-state index in [1.807, 2.05) is 0 Å². The standard InChI is InChI=1S/C17H22N4O2S/c1-3-5-10-18-15(22)12-8-6-9-13(11-12)19-16(23)17-21-20-14(24-17)7-4-2/h6,8-9,11H,3-5,7,10H2,1-2H3,(H,18,22)(H,19,23). The predicted octanol–water partition coefficient (Wildman–Crippen LogP) is 3.27. The zero-order valence-electron chi connectivity index (χ0n) is 14.0. The third kappa shape index (κ3) is 5.13. The summed E-state index contributed by atoms with van der Waals surface area (Å²) in [6.45, 7) is 4.77. The van der Waals surface area contributed by atoms with Crippen LogP contribution in [0.15, 0.2) is 24.3 Å². The molecule has 0 unspecified atom stereocenters. The topological polar surface area (TPSA) is 84.0 Å². The molecule has 0 radical (unpaired) electrons. The van der Waals surface area contributed by atoms with Crippen LogP contribution in [0.3, 0.4) is 0 Å². The van der Waals surface area contributed by atoms with Crippen LogP contribution in [-0.4, -0.2) is 28.6 Å². The second-order valence-corrected chi connectivity index (χ2v) is 6.46. The van der Waals surface area contributed by atoms with E-state index in [-0.39, 0.29) is 11.8 Å². The Bertz CT molecular complexity index is 699. The number of hydrogen-bond acceptors (Lipinski definition) is 5. The second-order valence-electron chi connectivity index (χ2n) is 5.40. The molecule has 6 nitrogen and oxygen atoms in total. The summed E-state index contributed by atoms with van der Waals surface area (Å²) in [4.78, 5) is 24.3. The lowest BCUT2D eigenvalue weighted by Gasteiger charge is -2.07. The van der Waals surface area contributed by atoms with Crippen LogP contribution in [0, 0.1) is 0 Å². The highest BCUT2D eigenvalue weighted by Crippen LogP contribution is 2.15. The summed E-state index contributed by atoms with van der Waals surface area (Å²) in [7, 11) is 0. The normalized spacial score (nSPS) is 10.4. The fourth-order valence-electron chi connectivity index (χ4n) is 2.06. The van der Waals surface area contributed by atoms with Crippen molar-refractivity contribution in [3.05, 3.63) is 39.8 Å². The molecule has 0 aliphatic carbocycles. The second kappa shape index (κ2) is 9.12. The maximum absolute atomic E-state index is 12.2. The molecular formula is C17H22N4O2S. The van der Waals surface area contributed by atoms with Crippen LogP contribution in [0.5, 0.6) is 0 Å². The van der Waals surface area contributed by atoms with Crippen molar-refractivity contribution in [2.45, 2.75) is 39.5 Å². The van der Waals surface area contributed by atoms with E-state index in [9.17, 15) is 9.59 Å². The highest BCUT2D eigenvalue weighted by atomic mass is 32.1. The minimum absolute atomic E-state index is 0.138. The van der Waals surface area contributed by atoms with E-state index in [2.05, 4.69) is 34.7 Å². The zero-order valence-corrected chi connectivity index (χ0v) is 14.8. The number of carbonyl (C=O) groups is 2. The molecule has 2 amide bonds. The lowest BCUT2D eigenvalue weighted by Crippen LogP contribution is -2.24. The highest BCUT2D eigenvalue weighted by molar-refractivity contribution is 7.13. The predicted molar refractivity (Wildman–Crippen MR) is 95.5 cm³/mol. The summed E-state index contributed by atoms with van der Waals surface area (Å²) >= 11 is 1.30. The number of unbranched alkanes of at least 4 members (excludes halogenated alkanes) is 1. The molecular weight excluding hydrogens is 324 g/mol. The van der Waals surface area contributed by atoms with Crippen LogP contribution in [0.2, 0.25) is 0 Å². The first-order valence-electron chi connectivity index (χ1n) is 8.16. The average molecular weight is 346 g/mol. The molecule has 0 aliphatic rings. The SMILES string of the molecule is CCCCNC(=O)c1cccc(NC(=O)c2nnc(CCC)s2)c1. The highest BCUT2D eigenvalue weighted by Gasteiger charge is 2.13. The molecule has 0 bridgehead atoms. The molecule has 2 N–H and O–H groups in total. The molecule has 1 aromatic heterocycles. The van der Waals surface area contributed by atoms with Gasteiger partial charge in [-0.15, -0.1) is 10.2 Å². The van der Waals surface area contributed by atoms with Gasteiger partial charge in [0.2, 0.25) is 5.01 Å². The van der Waals surface area contributed by atoms with Gasteiger partial charge in [0.15, 0.2) is 0 Å². The van der Waals surface area contributed by atoms with Gasteiger partial charge in [-0.25, -0.2) is 0 Å². The molecule has 0 saturated carbocycles. The summed E-state index contributed by atoms with van der Waals surface area (Å²) in [5.74, 6) is -0.445. The van der Waals surface area contributed by atoms with Crippen LogP contribution in [0.4, 0.5) is 5.69 Å². The largest absolute Gasteiger partial charge is 0.352 e. The van der Waals surface area contributed by atoms with E-state index in [0.29, 0.717) is 22.8 Å². The average Bonchev–Trinajstić information content (AvgIpc) is 3.04. The molecule has 7 heteroatoms. The Labute approximate surface area is 145 Å². The summed E-state index contributed by atoms with van der Waals surface area (Å²) < 4.78 is 0. The minimum atomic E-state index is -0.307. The first-order valence-corrected chi connectivity index (χ1v) is 8.97. The molecule has 1 heterocycles. The Morgan fingerprint density at radius 1 is 1.12 bits per heavy atom.